The molecule has 15 aromatic heterocycles. The monoisotopic (exact) mass is 1930 g/mol. The second kappa shape index (κ2) is 39.1. The van der Waals surface area contributed by atoms with Gasteiger partial charge in [-0.15, -0.1) is 0 Å². The van der Waals surface area contributed by atoms with Gasteiger partial charge in [-0.05, 0) is 285 Å². The number of rotatable bonds is 10. The Labute approximate surface area is 865 Å². The van der Waals surface area contributed by atoms with E-state index in [2.05, 4.69) is 355 Å². The average molecular weight is 1930 g/mol. The van der Waals surface area contributed by atoms with Crippen LogP contribution in [0.5, 0.6) is 0 Å². The molecule has 0 N–H and O–H groups in total. The molecule has 10 aromatic carbocycles. The zero-order valence-electron chi connectivity index (χ0n) is 92.6. The molecule has 0 atom stereocenters. The lowest BCUT2D eigenvalue weighted by atomic mass is 9.95. The summed E-state index contributed by atoms with van der Waals surface area (Å²) in [6.07, 6.45) is 10.8. The van der Waals surface area contributed by atoms with Crippen LogP contribution in [-0.4, -0.2) is 24.9 Å². The third-order valence-electron chi connectivity index (χ3n) is 28.5. The van der Waals surface area contributed by atoms with Crippen molar-refractivity contribution in [3.63, 3.8) is 0 Å². The quantitative estimate of drug-likeness (QED) is 0.121. The standard InChI is InChI=1S/2C27H25N2O.3C26H23N2O/c2*1-16-14-23(29(5)15-22(16)20-9-7-6-8-10-20)25-18(3)13-17(2)24-21-12-11-19(4)28-27(21)30-26(24)25;2*1-16-14-17(2)24(25-23(16)21-12-10-18(3)27-26(21)29-25)22-13-11-20(15-28(22)4)19-8-6-5-7-9-19;1-16-10-12-20-21-13-11-18(3)27-26(21)29-25(20)24(16)23-14-17(2)22(15-28(23)4)19-8-6-5-7-9-19/h2*6-15H,1-5H3;3*5-15H,1-4H3/q5*+1/i2D3;;1D3;;. The molecule has 25 aromatic rings. The first-order valence-corrected chi connectivity index (χ1v) is 49.7. The van der Waals surface area contributed by atoms with E-state index in [9.17, 15) is 0 Å². The highest BCUT2D eigenvalue weighted by Crippen LogP contribution is 2.47. The maximum Gasteiger partial charge on any atom is 0.227 e. The van der Waals surface area contributed by atoms with Crippen LogP contribution < -0.4 is 22.8 Å². The van der Waals surface area contributed by atoms with Crippen LogP contribution in [0, 0.1) is 118 Å². The van der Waals surface area contributed by atoms with E-state index < -0.39 is 13.7 Å². The van der Waals surface area contributed by atoms with Crippen molar-refractivity contribution in [2.75, 3.05) is 0 Å². The van der Waals surface area contributed by atoms with E-state index in [1.807, 2.05) is 141 Å². The van der Waals surface area contributed by atoms with E-state index in [0.717, 1.165) is 184 Å². The van der Waals surface area contributed by atoms with Crippen molar-refractivity contribution in [3.05, 3.63) is 417 Å². The van der Waals surface area contributed by atoms with Crippen LogP contribution in [0.1, 0.15) is 103 Å². The molecule has 0 unspecified atom stereocenters. The van der Waals surface area contributed by atoms with E-state index in [-0.39, 0.29) is 0 Å². The first kappa shape index (κ1) is 88.6. The van der Waals surface area contributed by atoms with Gasteiger partial charge >= 0.3 is 0 Å². The highest BCUT2D eigenvalue weighted by Gasteiger charge is 2.32. The molecule has 15 heterocycles. The highest BCUT2D eigenvalue weighted by molar-refractivity contribution is 6.15. The van der Waals surface area contributed by atoms with Crippen LogP contribution in [0.25, 0.3) is 222 Å². The molecule has 722 valence electrons. The lowest BCUT2D eigenvalue weighted by Crippen LogP contribution is -2.31. The lowest BCUT2D eigenvalue weighted by molar-refractivity contribution is -0.660. The van der Waals surface area contributed by atoms with E-state index >= 15 is 0 Å². The molecular weight excluding hydrogens is 1810 g/mol. The van der Waals surface area contributed by atoms with Crippen LogP contribution >= 0.6 is 0 Å². The van der Waals surface area contributed by atoms with Gasteiger partial charge in [-0.1, -0.05) is 188 Å². The molecule has 0 spiro atoms. The van der Waals surface area contributed by atoms with Crippen molar-refractivity contribution in [1.29, 1.82) is 0 Å². The van der Waals surface area contributed by atoms with Gasteiger partial charge < -0.3 is 22.1 Å². The minimum atomic E-state index is -2.27. The molecule has 15 nitrogen and oxygen atoms in total. The second-order valence-corrected chi connectivity index (χ2v) is 39.2. The Hall–Kier alpha value is -17.3. The number of benzene rings is 10. The minimum absolute atomic E-state index is 0.293. The molecule has 0 radical (unpaired) electrons. The summed E-state index contributed by atoms with van der Waals surface area (Å²) in [6, 6.07) is 99.6. The summed E-state index contributed by atoms with van der Waals surface area (Å²) in [4.78, 5) is 22.9. The number of furan rings is 5. The normalized spacial score (nSPS) is 12.2. The number of pyridine rings is 10. The summed E-state index contributed by atoms with van der Waals surface area (Å²) < 4.78 is 91.0. The highest BCUT2D eigenvalue weighted by atomic mass is 16.4. The van der Waals surface area contributed by atoms with E-state index in [0.29, 0.717) is 61.6 Å². The van der Waals surface area contributed by atoms with Crippen molar-refractivity contribution in [3.8, 4) is 112 Å². The third kappa shape index (κ3) is 18.0. The molecule has 0 fully saturated rings. The Morgan fingerprint density at radius 1 is 0.190 bits per heavy atom. The van der Waals surface area contributed by atoms with Crippen molar-refractivity contribution in [2.24, 2.45) is 35.2 Å². The average Bonchev–Trinajstić information content (AvgIpc) is 1.59. The molecule has 25 rings (SSSR count). The Morgan fingerprint density at radius 2 is 0.435 bits per heavy atom. The number of aryl methyl sites for hydroxylation is 22. The Morgan fingerprint density at radius 3 is 0.735 bits per heavy atom. The van der Waals surface area contributed by atoms with Crippen LogP contribution in [0.15, 0.2) is 344 Å². The van der Waals surface area contributed by atoms with Gasteiger partial charge in [0.25, 0.3) is 0 Å². The zero-order chi connectivity index (χ0) is 107. The van der Waals surface area contributed by atoms with Gasteiger partial charge in [0.1, 0.15) is 35.2 Å². The summed E-state index contributed by atoms with van der Waals surface area (Å²) in [6.45, 7) is 26.3. The fraction of sp³-hybridized carbons (Fsp3) is 0.167. The van der Waals surface area contributed by atoms with Gasteiger partial charge in [0.05, 0.1) is 27.8 Å². The molecular formula is C132H119N10O5+5. The fourth-order valence-corrected chi connectivity index (χ4v) is 21.3. The number of aromatic nitrogens is 10. The Balaban J connectivity index is 0.000000111. The SMILES string of the molecule is Cc1ccc2c(n1)oc1c(-c3cc(C)c(-c4ccccc4)c[n+]3C)c(C)cc(C)c12.Cc1ccc2c(n1)oc1c(-c3cc(C)c(-c4ccccc4)c[n+]3C)c(C)ccc12.Cc1ccc2c(n1)oc1c(-c3ccc(-c4ccccc4)c[n+]3C)c(C)cc(C)c12.[2H]C([2H])([2H])c1cc(C)c(-c2cc(C)c(-c3ccccc3)c[n+]2C)c2oc3nc(C)ccc3c12.[2H]C([2H])([2H])c1cc(C)c(-c2ccc(-c3ccccc3)c[n+]2C)c2oc3nc(C)ccc3c12. The van der Waals surface area contributed by atoms with E-state index in [1.165, 1.54) is 72.3 Å². The summed E-state index contributed by atoms with van der Waals surface area (Å²) in [5, 5.41) is 9.31. The first-order chi connectivity index (χ1) is 73.4. The van der Waals surface area contributed by atoms with Crippen LogP contribution in [0.2, 0.25) is 0 Å². The van der Waals surface area contributed by atoms with Gasteiger partial charge in [0.2, 0.25) is 57.0 Å². The summed E-state index contributed by atoms with van der Waals surface area (Å²) in [5.41, 5.74) is 45.7. The van der Waals surface area contributed by atoms with Gasteiger partial charge in [-0.25, -0.2) is 47.8 Å². The van der Waals surface area contributed by atoms with Crippen LogP contribution in [0.4, 0.5) is 0 Å². The van der Waals surface area contributed by atoms with Gasteiger partial charge in [-0.2, -0.15) is 0 Å². The second-order valence-electron chi connectivity index (χ2n) is 39.2. The molecule has 0 saturated carbocycles. The van der Waals surface area contributed by atoms with Crippen molar-refractivity contribution in [1.82, 2.24) is 24.9 Å². The van der Waals surface area contributed by atoms with Crippen molar-refractivity contribution in [2.45, 2.75) is 118 Å². The fourth-order valence-electron chi connectivity index (χ4n) is 21.3. The first-order valence-electron chi connectivity index (χ1n) is 52.7. The number of fused-ring (bicyclic) bond motifs is 15. The Kier molecular flexibility index (Phi) is 23.6. The maximum absolute atomic E-state index is 8.15. The van der Waals surface area contributed by atoms with Crippen LogP contribution in [-0.2, 0) is 35.2 Å². The number of hydrogen-bond donors (Lipinski definition) is 0. The van der Waals surface area contributed by atoms with E-state index in [1.54, 1.807) is 12.1 Å². The predicted molar refractivity (Wildman–Crippen MR) is 598 cm³/mol. The van der Waals surface area contributed by atoms with Gasteiger partial charge in [-0.3, -0.25) is 0 Å². The lowest BCUT2D eigenvalue weighted by Gasteiger charge is -2.11. The van der Waals surface area contributed by atoms with Crippen molar-refractivity contribution < 1.29 is 53.1 Å². The number of nitrogens with zero attached hydrogens (tertiary/aromatic N) is 10. The molecule has 0 aliphatic rings. The topological polar surface area (TPSA) is 150 Å². The molecule has 147 heavy (non-hydrogen) atoms. The molecule has 15 heteroatoms. The third-order valence-corrected chi connectivity index (χ3v) is 28.5. The summed E-state index contributed by atoms with van der Waals surface area (Å²) in [7, 11) is 10.3. The minimum Gasteiger partial charge on any atom is -0.437 e. The predicted octanol–water partition coefficient (Wildman–Crippen LogP) is 30.9. The van der Waals surface area contributed by atoms with Crippen molar-refractivity contribution >= 4 is 110 Å². The Bertz CT molecular complexity index is 9820. The number of hydrogen-bond acceptors (Lipinski definition) is 10. The maximum atomic E-state index is 8.15. The molecule has 0 aliphatic carbocycles. The smallest absolute Gasteiger partial charge is 0.227 e. The van der Waals surface area contributed by atoms with Gasteiger partial charge in [0.15, 0.2) is 58.9 Å². The largest absolute Gasteiger partial charge is 0.437 e. The summed E-state index contributed by atoms with van der Waals surface area (Å²) >= 11 is 0. The zero-order valence-corrected chi connectivity index (χ0v) is 86.6. The molecule has 0 amide bonds. The van der Waals surface area contributed by atoms with E-state index in [4.69, 9.17) is 30.3 Å². The molecule has 0 aliphatic heterocycles. The van der Waals surface area contributed by atoms with Crippen LogP contribution in [0.3, 0.4) is 0 Å². The molecule has 0 saturated heterocycles. The summed E-state index contributed by atoms with van der Waals surface area (Å²) in [5.74, 6) is 0. The van der Waals surface area contributed by atoms with Gasteiger partial charge in [0, 0.05) is 149 Å². The molecule has 0 bridgehead atoms.